The van der Waals surface area contributed by atoms with E-state index in [0.717, 1.165) is 15.8 Å². The molecule has 5 aromatic rings. The van der Waals surface area contributed by atoms with E-state index < -0.39 is 29.6 Å². The molecule has 0 saturated heterocycles. The van der Waals surface area contributed by atoms with Crippen LogP contribution in [0.3, 0.4) is 0 Å². The molecule has 1 aliphatic rings. The van der Waals surface area contributed by atoms with Gasteiger partial charge in [0.25, 0.3) is 17.7 Å². The van der Waals surface area contributed by atoms with Crippen LogP contribution in [0.5, 0.6) is 0 Å². The predicted octanol–water partition coefficient (Wildman–Crippen LogP) is 4.56. The van der Waals surface area contributed by atoms with Gasteiger partial charge in [0, 0.05) is 37.2 Å². The van der Waals surface area contributed by atoms with E-state index in [1.807, 2.05) is 6.07 Å². The van der Waals surface area contributed by atoms with Crippen molar-refractivity contribution < 1.29 is 28.7 Å². The zero-order chi connectivity index (χ0) is 33.2. The Bertz CT molecular complexity index is 2050. The van der Waals surface area contributed by atoms with Gasteiger partial charge in [0.05, 0.1) is 22.3 Å². The molecule has 1 aliphatic heterocycles. The zero-order valence-corrected chi connectivity index (χ0v) is 25.4. The molecule has 6 rings (SSSR count). The molecule has 14 heteroatoms. The number of amides is 3. The summed E-state index contributed by atoms with van der Waals surface area (Å²) in [6, 6.07) is 15.8. The highest BCUT2D eigenvalue weighted by atomic mass is 35.5. The largest absolute Gasteiger partial charge is 0.478 e. The molecule has 0 aliphatic carbocycles. The highest BCUT2D eigenvalue weighted by Crippen LogP contribution is 2.37. The fourth-order valence-electron chi connectivity index (χ4n) is 5.50. The third-order valence-corrected chi connectivity index (χ3v) is 8.05. The molecule has 2 aromatic heterocycles. The van der Waals surface area contributed by atoms with Crippen LogP contribution in [-0.2, 0) is 11.2 Å². The maximum Gasteiger partial charge on any atom is 0.335 e. The molecule has 236 valence electrons. The lowest BCUT2D eigenvalue weighted by Gasteiger charge is -2.37. The molecule has 0 spiro atoms. The monoisotopic (exact) mass is 653 g/mol. The predicted molar refractivity (Wildman–Crippen MR) is 169 cm³/mol. The van der Waals surface area contributed by atoms with Crippen molar-refractivity contribution in [3.05, 3.63) is 124 Å². The summed E-state index contributed by atoms with van der Waals surface area (Å²) < 4.78 is 15.8. The van der Waals surface area contributed by atoms with Crippen LogP contribution in [-0.4, -0.2) is 67.3 Å². The molecule has 0 fully saturated rings. The van der Waals surface area contributed by atoms with Gasteiger partial charge in [0.15, 0.2) is 11.5 Å². The smallest absolute Gasteiger partial charge is 0.335 e. The van der Waals surface area contributed by atoms with Crippen LogP contribution in [0.4, 0.5) is 10.1 Å². The van der Waals surface area contributed by atoms with Crippen molar-refractivity contribution in [1.29, 1.82) is 0 Å². The van der Waals surface area contributed by atoms with Gasteiger partial charge < -0.3 is 20.6 Å². The summed E-state index contributed by atoms with van der Waals surface area (Å²) in [6.45, 7) is 0.0971. The molecular weight excluding hydrogens is 629 g/mol. The normalized spacial score (nSPS) is 13.9. The lowest BCUT2D eigenvalue weighted by Crippen LogP contribution is -2.45. The number of carboxylic acid groups (broad SMARTS) is 1. The first kappa shape index (κ1) is 31.0. The summed E-state index contributed by atoms with van der Waals surface area (Å²) in [4.78, 5) is 57.3. The summed E-state index contributed by atoms with van der Waals surface area (Å²) in [5, 5.41) is 22.4. The zero-order valence-electron chi connectivity index (χ0n) is 24.6. The van der Waals surface area contributed by atoms with Crippen LogP contribution in [0, 0.1) is 5.82 Å². The van der Waals surface area contributed by atoms with Crippen LogP contribution < -0.4 is 10.6 Å². The van der Waals surface area contributed by atoms with E-state index in [4.69, 9.17) is 11.6 Å². The van der Waals surface area contributed by atoms with Crippen molar-refractivity contribution in [2.75, 3.05) is 18.9 Å². The first-order valence-corrected chi connectivity index (χ1v) is 14.6. The van der Waals surface area contributed by atoms with Gasteiger partial charge >= 0.3 is 5.97 Å². The molecule has 1 atom stereocenters. The molecule has 3 aromatic carbocycles. The van der Waals surface area contributed by atoms with E-state index in [0.29, 0.717) is 28.8 Å². The molecule has 1 unspecified atom stereocenters. The van der Waals surface area contributed by atoms with Crippen LogP contribution in [0.2, 0.25) is 5.02 Å². The number of aromatic nitrogens is 4. The summed E-state index contributed by atoms with van der Waals surface area (Å²) in [5.74, 6) is -3.35. The van der Waals surface area contributed by atoms with E-state index in [1.165, 1.54) is 66.8 Å². The quantitative estimate of drug-likeness (QED) is 0.231. The van der Waals surface area contributed by atoms with Crippen molar-refractivity contribution >= 4 is 41.0 Å². The Morgan fingerprint density at radius 1 is 1.00 bits per heavy atom. The number of pyridine rings is 1. The number of aromatic carboxylic acids is 1. The minimum atomic E-state index is -1.16. The molecule has 0 saturated carbocycles. The van der Waals surface area contributed by atoms with Gasteiger partial charge in [0.2, 0.25) is 0 Å². The van der Waals surface area contributed by atoms with Gasteiger partial charge in [0.1, 0.15) is 11.7 Å². The van der Waals surface area contributed by atoms with Crippen molar-refractivity contribution in [3.63, 3.8) is 0 Å². The second-order valence-corrected chi connectivity index (χ2v) is 11.0. The first-order chi connectivity index (χ1) is 22.7. The maximum atomic E-state index is 14.7. The summed E-state index contributed by atoms with van der Waals surface area (Å²) in [7, 11) is 1.52. The Morgan fingerprint density at radius 3 is 2.51 bits per heavy atom. The Morgan fingerprint density at radius 2 is 1.77 bits per heavy atom. The number of carbonyl (C=O) groups excluding carboxylic acids is 3. The lowest BCUT2D eigenvalue weighted by atomic mass is 9.86. The second-order valence-electron chi connectivity index (χ2n) is 10.6. The van der Waals surface area contributed by atoms with Gasteiger partial charge in [-0.15, -0.1) is 5.10 Å². The minimum absolute atomic E-state index is 0.00984. The Kier molecular flexibility index (Phi) is 8.46. The average molecular weight is 654 g/mol. The third kappa shape index (κ3) is 6.03. The van der Waals surface area contributed by atoms with Crippen LogP contribution in [0.1, 0.15) is 48.4 Å². The van der Waals surface area contributed by atoms with Crippen LogP contribution >= 0.6 is 11.6 Å². The Labute approximate surface area is 271 Å². The fourth-order valence-corrected chi connectivity index (χ4v) is 5.67. The van der Waals surface area contributed by atoms with Crippen molar-refractivity contribution in [3.8, 4) is 16.8 Å². The highest BCUT2D eigenvalue weighted by molar-refractivity contribution is 6.30. The number of rotatable bonds is 7. The second kappa shape index (κ2) is 12.8. The number of hydrogen-bond acceptors (Lipinski definition) is 7. The first-order valence-electron chi connectivity index (χ1n) is 14.3. The van der Waals surface area contributed by atoms with Crippen molar-refractivity contribution in [2.45, 2.75) is 12.5 Å². The number of carboxylic acids is 1. The topological polar surface area (TPSA) is 159 Å². The number of anilines is 1. The molecule has 3 N–H and O–H groups in total. The fraction of sp³-hybridized carbons (Fsp3) is 0.121. The van der Waals surface area contributed by atoms with Gasteiger partial charge in [-0.1, -0.05) is 41.1 Å². The molecule has 3 heterocycles. The van der Waals surface area contributed by atoms with Crippen LogP contribution in [0.25, 0.3) is 16.8 Å². The molecule has 0 radical (unpaired) electrons. The lowest BCUT2D eigenvalue weighted by molar-refractivity contribution is -0.121. The Balaban J connectivity index is 1.40. The summed E-state index contributed by atoms with van der Waals surface area (Å²) >= 11 is 5.93. The molecular formula is C33H25ClFN7O5. The number of carbonyl (C=O) groups is 4. The standard InChI is InChI=1S/C33H25ClFN7O5/c1-36-30(43)20-14-19(15-37-16-20)22-4-2-5-24-23(22)12-13-41(29(24)31(44)38-21-10-8-18(9-11-21)33(46)47)32(45)26-17-42(40-39-26)27-7-3-6-25(34)28(27)35/h2-11,14-17,29H,12-13H2,1H3,(H,36,43)(H,38,44)(H,46,47). The molecule has 3 amide bonds. The van der Waals surface area contributed by atoms with Gasteiger partial charge in [-0.05, 0) is 65.6 Å². The SMILES string of the molecule is CNC(=O)c1cncc(-c2cccc3c2CCN(C(=O)c2cn(-c4cccc(Cl)c4F)nn2)C3C(=O)Nc2ccc(C(=O)O)cc2)c1. The molecule has 47 heavy (non-hydrogen) atoms. The number of nitrogens with zero attached hydrogens (tertiary/aromatic N) is 5. The van der Waals surface area contributed by atoms with Crippen molar-refractivity contribution in [2.24, 2.45) is 0 Å². The number of nitrogens with one attached hydrogen (secondary N) is 2. The van der Waals surface area contributed by atoms with E-state index in [1.54, 1.807) is 24.4 Å². The van der Waals surface area contributed by atoms with E-state index in [9.17, 15) is 28.7 Å². The average Bonchev–Trinajstić information content (AvgIpc) is 3.58. The molecule has 0 bridgehead atoms. The molecule has 12 nitrogen and oxygen atoms in total. The van der Waals surface area contributed by atoms with Gasteiger partial charge in [-0.3, -0.25) is 19.4 Å². The van der Waals surface area contributed by atoms with E-state index >= 15 is 0 Å². The summed E-state index contributed by atoms with van der Waals surface area (Å²) in [5.41, 5.74) is 3.27. The van der Waals surface area contributed by atoms with Crippen LogP contribution in [0.15, 0.2) is 85.3 Å². The van der Waals surface area contributed by atoms with E-state index in [-0.39, 0.29) is 34.4 Å². The number of fused-ring (bicyclic) bond motifs is 1. The third-order valence-electron chi connectivity index (χ3n) is 7.76. The van der Waals surface area contributed by atoms with Crippen molar-refractivity contribution in [1.82, 2.24) is 30.2 Å². The minimum Gasteiger partial charge on any atom is -0.478 e. The highest BCUT2D eigenvalue weighted by Gasteiger charge is 2.38. The van der Waals surface area contributed by atoms with E-state index in [2.05, 4.69) is 25.9 Å². The number of halogens is 2. The maximum absolute atomic E-state index is 14.7. The van der Waals surface area contributed by atoms with Gasteiger partial charge in [-0.25, -0.2) is 13.9 Å². The Hall–Kier alpha value is -5.95. The van der Waals surface area contributed by atoms with Gasteiger partial charge in [-0.2, -0.15) is 0 Å². The number of benzene rings is 3. The summed E-state index contributed by atoms with van der Waals surface area (Å²) in [6.07, 6.45) is 4.67. The number of hydrogen-bond donors (Lipinski definition) is 3.